The van der Waals surface area contributed by atoms with Crippen molar-refractivity contribution in [2.45, 2.75) is 27.3 Å². The zero-order chi connectivity index (χ0) is 16.5. The Balaban J connectivity index is 2.39. The molecule has 0 amide bonds. The van der Waals surface area contributed by atoms with Crippen LogP contribution < -0.4 is 0 Å². The second-order valence-electron chi connectivity index (χ2n) is 6.13. The monoisotopic (exact) mass is 309 g/mol. The van der Waals surface area contributed by atoms with Crippen molar-refractivity contribution in [3.05, 3.63) is 35.5 Å². The number of aromatic nitrogens is 3. The number of methoxy groups -OCH3 is 1. The maximum Gasteiger partial charge on any atom is 0.338 e. The summed E-state index contributed by atoms with van der Waals surface area (Å²) in [5.74, 6) is -2.58. The SMILES string of the molecule is COC(=O)c1cc(F)c(-c2cnn(CC(C)(C)C)n2)c(F)c1. The molecule has 0 unspecified atom stereocenters. The van der Waals surface area contributed by atoms with Gasteiger partial charge in [-0.1, -0.05) is 20.8 Å². The number of esters is 1. The summed E-state index contributed by atoms with van der Waals surface area (Å²) in [6.45, 7) is 6.52. The molecule has 0 radical (unpaired) electrons. The van der Waals surface area contributed by atoms with Crippen molar-refractivity contribution < 1.29 is 18.3 Å². The number of hydrogen-bond donors (Lipinski definition) is 0. The first kappa shape index (κ1) is 16.1. The standard InChI is InChI=1S/C15H17F2N3O2/c1-15(2,3)8-20-18-7-12(19-20)13-10(16)5-9(6-11(13)17)14(21)22-4/h5-7H,8H2,1-4H3. The summed E-state index contributed by atoms with van der Waals surface area (Å²) in [6.07, 6.45) is 1.30. The molecule has 7 heteroatoms. The van der Waals surface area contributed by atoms with Crippen molar-refractivity contribution >= 4 is 5.97 Å². The number of ether oxygens (including phenoxy) is 1. The molecule has 0 saturated carbocycles. The lowest BCUT2D eigenvalue weighted by Crippen LogP contribution is -2.17. The Kier molecular flexibility index (Phi) is 4.25. The number of hydrogen-bond acceptors (Lipinski definition) is 4. The van der Waals surface area contributed by atoms with Gasteiger partial charge in [0.15, 0.2) is 0 Å². The Morgan fingerprint density at radius 2 is 1.86 bits per heavy atom. The van der Waals surface area contributed by atoms with Crippen LogP contribution in [-0.4, -0.2) is 28.1 Å². The van der Waals surface area contributed by atoms with E-state index in [1.807, 2.05) is 20.8 Å². The molecule has 0 atom stereocenters. The number of benzene rings is 1. The Morgan fingerprint density at radius 3 is 2.36 bits per heavy atom. The van der Waals surface area contributed by atoms with E-state index in [2.05, 4.69) is 14.9 Å². The normalized spacial score (nSPS) is 11.5. The molecule has 5 nitrogen and oxygen atoms in total. The van der Waals surface area contributed by atoms with Gasteiger partial charge < -0.3 is 4.74 Å². The third-order valence-electron chi connectivity index (χ3n) is 2.87. The highest BCUT2D eigenvalue weighted by Crippen LogP contribution is 2.26. The number of rotatable bonds is 3. The molecule has 118 valence electrons. The molecule has 0 aliphatic rings. The molecule has 0 aliphatic heterocycles. The predicted molar refractivity (Wildman–Crippen MR) is 76.2 cm³/mol. The van der Waals surface area contributed by atoms with E-state index in [4.69, 9.17) is 0 Å². The van der Waals surface area contributed by atoms with Crippen LogP contribution in [0.2, 0.25) is 0 Å². The molecule has 0 spiro atoms. The van der Waals surface area contributed by atoms with Gasteiger partial charge in [0.1, 0.15) is 17.3 Å². The molecule has 2 rings (SSSR count). The average molecular weight is 309 g/mol. The van der Waals surface area contributed by atoms with Gasteiger partial charge in [0.25, 0.3) is 0 Å². The van der Waals surface area contributed by atoms with Crippen LogP contribution in [0.15, 0.2) is 18.3 Å². The van der Waals surface area contributed by atoms with Crippen molar-refractivity contribution in [2.24, 2.45) is 5.41 Å². The van der Waals surface area contributed by atoms with Gasteiger partial charge in [-0.2, -0.15) is 15.0 Å². The van der Waals surface area contributed by atoms with Crippen LogP contribution >= 0.6 is 0 Å². The van der Waals surface area contributed by atoms with Gasteiger partial charge in [-0.05, 0) is 17.5 Å². The lowest BCUT2D eigenvalue weighted by Gasteiger charge is -2.16. The molecular formula is C15H17F2N3O2. The van der Waals surface area contributed by atoms with Crippen molar-refractivity contribution in [3.63, 3.8) is 0 Å². The van der Waals surface area contributed by atoms with Crippen LogP contribution in [0.5, 0.6) is 0 Å². The summed E-state index contributed by atoms with van der Waals surface area (Å²) in [6, 6.07) is 1.85. The molecule has 0 aliphatic carbocycles. The van der Waals surface area contributed by atoms with Crippen LogP contribution in [0.25, 0.3) is 11.3 Å². The highest BCUT2D eigenvalue weighted by atomic mass is 19.1. The molecule has 1 aromatic carbocycles. The van der Waals surface area contributed by atoms with Gasteiger partial charge >= 0.3 is 5.97 Å². The van der Waals surface area contributed by atoms with Gasteiger partial charge in [0.2, 0.25) is 0 Å². The first-order valence-electron chi connectivity index (χ1n) is 6.69. The van der Waals surface area contributed by atoms with Crippen LogP contribution in [-0.2, 0) is 11.3 Å². The third kappa shape index (κ3) is 3.47. The molecule has 0 fully saturated rings. The van der Waals surface area contributed by atoms with Crippen LogP contribution in [0, 0.1) is 17.0 Å². The van der Waals surface area contributed by atoms with Crippen LogP contribution in [0.4, 0.5) is 8.78 Å². The van der Waals surface area contributed by atoms with Crippen molar-refractivity contribution in [3.8, 4) is 11.3 Å². The predicted octanol–water partition coefficient (Wildman–Crippen LogP) is 3.06. The van der Waals surface area contributed by atoms with Crippen LogP contribution in [0.3, 0.4) is 0 Å². The van der Waals surface area contributed by atoms with Crippen molar-refractivity contribution in [2.75, 3.05) is 7.11 Å². The summed E-state index contributed by atoms with van der Waals surface area (Å²) in [4.78, 5) is 12.7. The van der Waals surface area contributed by atoms with E-state index in [1.165, 1.54) is 11.0 Å². The Hall–Kier alpha value is -2.31. The molecule has 0 bridgehead atoms. The van der Waals surface area contributed by atoms with Gasteiger partial charge in [-0.25, -0.2) is 13.6 Å². The minimum absolute atomic E-state index is 0.0673. The summed E-state index contributed by atoms with van der Waals surface area (Å²) in [5.41, 5.74) is -0.492. The summed E-state index contributed by atoms with van der Waals surface area (Å²) >= 11 is 0. The Morgan fingerprint density at radius 1 is 1.27 bits per heavy atom. The Bertz CT molecular complexity index is 682. The van der Waals surface area contributed by atoms with Gasteiger partial charge in [-0.15, -0.1) is 0 Å². The zero-order valence-electron chi connectivity index (χ0n) is 12.9. The fourth-order valence-electron chi connectivity index (χ4n) is 1.97. The van der Waals surface area contributed by atoms with Gasteiger partial charge in [0, 0.05) is 0 Å². The second kappa shape index (κ2) is 5.82. The van der Waals surface area contributed by atoms with E-state index in [1.54, 1.807) is 0 Å². The van der Waals surface area contributed by atoms with E-state index >= 15 is 0 Å². The minimum atomic E-state index is -0.886. The van der Waals surface area contributed by atoms with E-state index in [0.717, 1.165) is 19.2 Å². The summed E-state index contributed by atoms with van der Waals surface area (Å²) in [7, 11) is 1.14. The lowest BCUT2D eigenvalue weighted by atomic mass is 9.97. The van der Waals surface area contributed by atoms with E-state index in [-0.39, 0.29) is 22.2 Å². The third-order valence-corrected chi connectivity index (χ3v) is 2.87. The molecule has 0 N–H and O–H groups in total. The first-order chi connectivity index (χ1) is 10.2. The Labute approximate surface area is 126 Å². The maximum absolute atomic E-state index is 14.1. The molecule has 1 aromatic heterocycles. The summed E-state index contributed by atoms with van der Waals surface area (Å²) < 4.78 is 32.7. The minimum Gasteiger partial charge on any atom is -0.465 e. The highest BCUT2D eigenvalue weighted by molar-refractivity contribution is 5.90. The molecular weight excluding hydrogens is 292 g/mol. The fourth-order valence-corrected chi connectivity index (χ4v) is 1.97. The van der Waals surface area contributed by atoms with E-state index in [0.29, 0.717) is 6.54 Å². The first-order valence-corrected chi connectivity index (χ1v) is 6.69. The average Bonchev–Trinajstić information content (AvgIpc) is 2.82. The largest absolute Gasteiger partial charge is 0.465 e. The molecule has 2 aromatic rings. The van der Waals surface area contributed by atoms with Crippen molar-refractivity contribution in [1.29, 1.82) is 0 Å². The van der Waals surface area contributed by atoms with E-state index < -0.39 is 17.6 Å². The topological polar surface area (TPSA) is 57.0 Å². The summed E-state index contributed by atoms with van der Waals surface area (Å²) in [5, 5.41) is 8.11. The number of carbonyl (C=O) groups is 1. The van der Waals surface area contributed by atoms with Crippen molar-refractivity contribution in [1.82, 2.24) is 15.0 Å². The lowest BCUT2D eigenvalue weighted by molar-refractivity contribution is 0.0599. The number of halogens is 2. The fraction of sp³-hybridized carbons (Fsp3) is 0.400. The van der Waals surface area contributed by atoms with Gasteiger partial charge in [-0.3, -0.25) is 0 Å². The quantitative estimate of drug-likeness (QED) is 0.818. The van der Waals surface area contributed by atoms with E-state index in [9.17, 15) is 13.6 Å². The van der Waals surface area contributed by atoms with Gasteiger partial charge in [0.05, 0.1) is 31.0 Å². The molecule has 1 heterocycles. The maximum atomic E-state index is 14.1. The molecule has 0 saturated heterocycles. The number of carbonyl (C=O) groups excluding carboxylic acids is 1. The smallest absolute Gasteiger partial charge is 0.338 e. The van der Waals surface area contributed by atoms with Crippen LogP contribution in [0.1, 0.15) is 31.1 Å². The second-order valence-corrected chi connectivity index (χ2v) is 6.13. The highest BCUT2D eigenvalue weighted by Gasteiger charge is 2.20. The zero-order valence-corrected chi connectivity index (χ0v) is 12.9. The number of nitrogens with zero attached hydrogens (tertiary/aromatic N) is 3. The molecule has 22 heavy (non-hydrogen) atoms.